The van der Waals surface area contributed by atoms with Crippen LogP contribution in [0.3, 0.4) is 0 Å². The predicted molar refractivity (Wildman–Crippen MR) is 143 cm³/mol. The molecule has 2 aromatic carbocycles. The highest BCUT2D eigenvalue weighted by atomic mass is 16.5. The Balaban J connectivity index is 2.19. The van der Waals surface area contributed by atoms with E-state index < -0.39 is 0 Å². The fourth-order valence-corrected chi connectivity index (χ4v) is 3.96. The van der Waals surface area contributed by atoms with Crippen LogP contribution in [0.5, 0.6) is 5.75 Å². The molecule has 2 aromatic rings. The normalized spacial score (nSPS) is 15.2. The summed E-state index contributed by atoms with van der Waals surface area (Å²) in [5.41, 5.74) is 4.81. The van der Waals surface area contributed by atoms with Crippen LogP contribution < -0.4 is 4.74 Å². The minimum atomic E-state index is -0.176. The number of hydrogen-bond donors (Lipinski definition) is 0. The van der Waals surface area contributed by atoms with Crippen LogP contribution in [0.2, 0.25) is 0 Å². The van der Waals surface area contributed by atoms with E-state index in [4.69, 9.17) is 9.47 Å². The third-order valence-electron chi connectivity index (χ3n) is 6.14. The van der Waals surface area contributed by atoms with Crippen LogP contribution in [0, 0.1) is 11.8 Å². The van der Waals surface area contributed by atoms with Gasteiger partial charge in [0.1, 0.15) is 12.0 Å². The molecule has 0 heterocycles. The Kier molecular flexibility index (Phi) is 12.1. The van der Waals surface area contributed by atoms with E-state index in [-0.39, 0.29) is 17.9 Å². The monoisotopic (exact) mass is 460 g/mol. The lowest BCUT2D eigenvalue weighted by Gasteiger charge is -2.27. The topological polar surface area (TPSA) is 35.5 Å². The van der Waals surface area contributed by atoms with Gasteiger partial charge in [0.2, 0.25) is 0 Å². The summed E-state index contributed by atoms with van der Waals surface area (Å²) in [5.74, 6) is 0.786. The average Bonchev–Trinajstić information content (AvgIpc) is 2.89. The van der Waals surface area contributed by atoms with E-state index in [1.807, 2.05) is 37.3 Å². The van der Waals surface area contributed by atoms with E-state index in [9.17, 15) is 4.79 Å². The van der Waals surface area contributed by atoms with E-state index in [0.717, 1.165) is 36.9 Å². The maximum atomic E-state index is 11.8. The molecule has 3 nitrogen and oxygen atoms in total. The zero-order chi connectivity index (χ0) is 24.8. The van der Waals surface area contributed by atoms with Gasteiger partial charge in [-0.15, -0.1) is 0 Å². The third-order valence-corrected chi connectivity index (χ3v) is 6.14. The lowest BCUT2D eigenvalue weighted by atomic mass is 9.88. The van der Waals surface area contributed by atoms with Gasteiger partial charge in [-0.1, -0.05) is 100 Å². The second-order valence-electron chi connectivity index (χ2n) is 8.60. The first-order valence-corrected chi connectivity index (χ1v) is 12.4. The van der Waals surface area contributed by atoms with E-state index in [0.29, 0.717) is 6.61 Å². The fourth-order valence-electron chi connectivity index (χ4n) is 3.96. The summed E-state index contributed by atoms with van der Waals surface area (Å²) in [7, 11) is 1.66. The summed E-state index contributed by atoms with van der Waals surface area (Å²) >= 11 is 0. The van der Waals surface area contributed by atoms with Crippen LogP contribution in [-0.4, -0.2) is 19.5 Å². The summed E-state index contributed by atoms with van der Waals surface area (Å²) in [6.45, 7) is 9.02. The summed E-state index contributed by atoms with van der Waals surface area (Å²) in [4.78, 5) is 11.8. The Hall–Kier alpha value is -2.91. The zero-order valence-electron chi connectivity index (χ0n) is 21.4. The molecule has 0 N–H and O–H groups in total. The molecule has 182 valence electrons. The number of carbonyl (C=O) groups is 1. The maximum Gasteiger partial charge on any atom is 0.125 e. The highest BCUT2D eigenvalue weighted by Gasteiger charge is 2.25. The van der Waals surface area contributed by atoms with E-state index in [2.05, 4.69) is 69.3 Å². The van der Waals surface area contributed by atoms with E-state index in [1.165, 1.54) is 16.7 Å². The van der Waals surface area contributed by atoms with Gasteiger partial charge in [0.05, 0.1) is 19.8 Å². The number of aldehydes is 1. The van der Waals surface area contributed by atoms with Crippen molar-refractivity contribution >= 4 is 12.4 Å². The fraction of sp³-hybridized carbons (Fsp3) is 0.387. The minimum absolute atomic E-state index is 0.107. The highest BCUT2D eigenvalue weighted by molar-refractivity contribution is 5.55. The number of hydrogen-bond acceptors (Lipinski definition) is 3. The van der Waals surface area contributed by atoms with Crippen molar-refractivity contribution < 1.29 is 14.3 Å². The molecule has 0 aliphatic rings. The standard InChI is InChI=1S/C31H40O3/c1-6-25(14-15-27-12-10-9-11-13-27)21-26(7-2)20-24(4)31(29(8-3)22-32)34-23-28-16-18-30(33-5)19-17-28/h9-22,24,29,31H,6-8,23H2,1-5H3/b15-14+,25-21+,26-20+/t24-,29-,31-/m1/s1. The van der Waals surface area contributed by atoms with Crippen LogP contribution in [0.15, 0.2) is 84.0 Å². The van der Waals surface area contributed by atoms with Gasteiger partial charge >= 0.3 is 0 Å². The second-order valence-corrected chi connectivity index (χ2v) is 8.60. The molecule has 2 rings (SSSR count). The Morgan fingerprint density at radius 3 is 2.18 bits per heavy atom. The van der Waals surface area contributed by atoms with Crippen molar-refractivity contribution in [3.05, 3.63) is 95.1 Å². The van der Waals surface area contributed by atoms with Crippen molar-refractivity contribution in [1.29, 1.82) is 0 Å². The van der Waals surface area contributed by atoms with E-state index >= 15 is 0 Å². The molecule has 0 fully saturated rings. The largest absolute Gasteiger partial charge is 0.497 e. The smallest absolute Gasteiger partial charge is 0.125 e. The SMILES string of the molecule is CCC(/C=C/c1ccccc1)=C\C(=C\[C@@H](C)[C@@H](OCc1ccc(OC)cc1)[C@@H](C=O)CC)CC. The van der Waals surface area contributed by atoms with Gasteiger partial charge in [0.25, 0.3) is 0 Å². The number of ether oxygens (including phenoxy) is 2. The molecule has 0 aliphatic carbocycles. The van der Waals surface area contributed by atoms with Crippen LogP contribution in [-0.2, 0) is 16.1 Å². The first-order chi connectivity index (χ1) is 16.5. The molecular formula is C31H40O3. The van der Waals surface area contributed by atoms with Crippen molar-refractivity contribution in [2.45, 2.75) is 59.7 Å². The molecule has 0 amide bonds. The van der Waals surface area contributed by atoms with Crippen LogP contribution in [0.1, 0.15) is 58.1 Å². The van der Waals surface area contributed by atoms with Crippen molar-refractivity contribution in [2.75, 3.05) is 7.11 Å². The minimum Gasteiger partial charge on any atom is -0.497 e. The maximum absolute atomic E-state index is 11.8. The number of allylic oxidation sites excluding steroid dienone is 4. The Bertz CT molecular complexity index is 938. The molecule has 3 heteroatoms. The number of rotatable bonds is 14. The molecular weight excluding hydrogens is 420 g/mol. The molecule has 0 aliphatic heterocycles. The molecule has 0 bridgehead atoms. The molecule has 0 radical (unpaired) electrons. The van der Waals surface area contributed by atoms with Gasteiger partial charge < -0.3 is 14.3 Å². The summed E-state index contributed by atoms with van der Waals surface area (Å²) < 4.78 is 11.6. The summed E-state index contributed by atoms with van der Waals surface area (Å²) in [5, 5.41) is 0. The Morgan fingerprint density at radius 2 is 1.62 bits per heavy atom. The van der Waals surface area contributed by atoms with Gasteiger partial charge in [-0.25, -0.2) is 0 Å². The number of methoxy groups -OCH3 is 1. The Labute approximate surface area is 206 Å². The molecule has 0 saturated heterocycles. The van der Waals surface area contributed by atoms with Gasteiger partial charge in [0, 0.05) is 11.8 Å². The lowest BCUT2D eigenvalue weighted by Crippen LogP contribution is -2.30. The van der Waals surface area contributed by atoms with Crippen LogP contribution in [0.4, 0.5) is 0 Å². The van der Waals surface area contributed by atoms with Gasteiger partial charge in [-0.2, -0.15) is 0 Å². The highest BCUT2D eigenvalue weighted by Crippen LogP contribution is 2.25. The van der Waals surface area contributed by atoms with Crippen LogP contribution in [0.25, 0.3) is 6.08 Å². The van der Waals surface area contributed by atoms with Crippen molar-refractivity contribution in [2.24, 2.45) is 11.8 Å². The van der Waals surface area contributed by atoms with Gasteiger partial charge in [-0.3, -0.25) is 0 Å². The first-order valence-electron chi connectivity index (χ1n) is 12.4. The zero-order valence-corrected chi connectivity index (χ0v) is 21.4. The first kappa shape index (κ1) is 27.3. The lowest BCUT2D eigenvalue weighted by molar-refractivity contribution is -0.118. The number of benzene rings is 2. The van der Waals surface area contributed by atoms with E-state index in [1.54, 1.807) is 7.11 Å². The second kappa shape index (κ2) is 15.1. The molecule has 3 atom stereocenters. The van der Waals surface area contributed by atoms with Gasteiger partial charge in [-0.05, 0) is 48.1 Å². The van der Waals surface area contributed by atoms with Crippen LogP contribution >= 0.6 is 0 Å². The molecule has 34 heavy (non-hydrogen) atoms. The number of carbonyl (C=O) groups excluding carboxylic acids is 1. The molecule has 0 aromatic heterocycles. The molecule has 0 saturated carbocycles. The van der Waals surface area contributed by atoms with Gasteiger partial charge in [0.15, 0.2) is 0 Å². The van der Waals surface area contributed by atoms with Crippen molar-refractivity contribution in [3.8, 4) is 5.75 Å². The quantitative estimate of drug-likeness (QED) is 0.213. The molecule has 0 unspecified atom stereocenters. The Morgan fingerprint density at radius 1 is 0.941 bits per heavy atom. The summed E-state index contributed by atoms with van der Waals surface area (Å²) in [6, 6.07) is 18.2. The average molecular weight is 461 g/mol. The molecule has 0 spiro atoms. The third kappa shape index (κ3) is 8.79. The van der Waals surface area contributed by atoms with Crippen molar-refractivity contribution in [3.63, 3.8) is 0 Å². The summed E-state index contributed by atoms with van der Waals surface area (Å²) in [6.07, 6.45) is 12.4. The predicted octanol–water partition coefficient (Wildman–Crippen LogP) is 7.83. The van der Waals surface area contributed by atoms with Crippen molar-refractivity contribution in [1.82, 2.24) is 0 Å².